The summed E-state index contributed by atoms with van der Waals surface area (Å²) in [6.07, 6.45) is 0.679. The molecule has 0 aliphatic heterocycles. The molecule has 96 valence electrons. The van der Waals surface area contributed by atoms with E-state index in [0.29, 0.717) is 29.0 Å². The van der Waals surface area contributed by atoms with Gasteiger partial charge in [0.05, 0.1) is 11.1 Å². The average molecular weight is 350 g/mol. The molecule has 0 aliphatic carbocycles. The zero-order valence-corrected chi connectivity index (χ0v) is 12.7. The molecule has 7 heteroatoms. The number of aromatic nitrogens is 2. The SMILES string of the molecule is COCCc1nsc(Oc2ccc(Cl)cc2Br)n1. The predicted molar refractivity (Wildman–Crippen MR) is 74.7 cm³/mol. The van der Waals surface area contributed by atoms with Gasteiger partial charge < -0.3 is 9.47 Å². The number of rotatable bonds is 5. The Morgan fingerprint density at radius 3 is 3.00 bits per heavy atom. The predicted octanol–water partition coefficient (Wildman–Crippen LogP) is 3.94. The van der Waals surface area contributed by atoms with Gasteiger partial charge in [0.2, 0.25) is 0 Å². The highest BCUT2D eigenvalue weighted by atomic mass is 79.9. The number of nitrogens with zero attached hydrogens (tertiary/aromatic N) is 2. The summed E-state index contributed by atoms with van der Waals surface area (Å²) in [7, 11) is 1.65. The molecule has 0 N–H and O–H groups in total. The lowest BCUT2D eigenvalue weighted by atomic mass is 10.3. The monoisotopic (exact) mass is 348 g/mol. The van der Waals surface area contributed by atoms with Gasteiger partial charge in [-0.05, 0) is 34.1 Å². The maximum atomic E-state index is 5.86. The van der Waals surface area contributed by atoms with Crippen LogP contribution in [0.4, 0.5) is 0 Å². The van der Waals surface area contributed by atoms with Crippen LogP contribution in [0.3, 0.4) is 0 Å². The topological polar surface area (TPSA) is 44.2 Å². The second-order valence-electron chi connectivity index (χ2n) is 3.40. The first kappa shape index (κ1) is 13.7. The van der Waals surface area contributed by atoms with Gasteiger partial charge in [-0.3, -0.25) is 0 Å². The molecular formula is C11H10BrClN2O2S. The molecule has 2 rings (SSSR count). The average Bonchev–Trinajstić information content (AvgIpc) is 2.78. The van der Waals surface area contributed by atoms with E-state index in [1.165, 1.54) is 11.5 Å². The van der Waals surface area contributed by atoms with E-state index in [4.69, 9.17) is 21.1 Å². The maximum absolute atomic E-state index is 5.86. The molecule has 0 radical (unpaired) electrons. The van der Waals surface area contributed by atoms with Crippen LogP contribution >= 0.6 is 39.1 Å². The summed E-state index contributed by atoms with van der Waals surface area (Å²) in [6, 6.07) is 5.31. The van der Waals surface area contributed by atoms with Crippen molar-refractivity contribution < 1.29 is 9.47 Å². The standard InChI is InChI=1S/C11H10BrClN2O2S/c1-16-5-4-10-14-11(18-15-10)17-9-3-2-7(13)6-8(9)12/h2-3,6H,4-5H2,1H3. The quantitative estimate of drug-likeness (QED) is 0.820. The molecule has 0 saturated heterocycles. The summed E-state index contributed by atoms with van der Waals surface area (Å²) in [4.78, 5) is 4.26. The fraction of sp³-hybridized carbons (Fsp3) is 0.273. The Morgan fingerprint density at radius 1 is 1.44 bits per heavy atom. The summed E-state index contributed by atoms with van der Waals surface area (Å²) in [5, 5.41) is 1.15. The molecule has 0 saturated carbocycles. The minimum Gasteiger partial charge on any atom is -0.429 e. The Kier molecular flexibility index (Phi) is 4.94. The first-order valence-electron chi connectivity index (χ1n) is 5.13. The van der Waals surface area contributed by atoms with Crippen molar-refractivity contribution in [2.75, 3.05) is 13.7 Å². The molecule has 0 bridgehead atoms. The van der Waals surface area contributed by atoms with Crippen LogP contribution in [0.1, 0.15) is 5.82 Å². The fourth-order valence-electron chi connectivity index (χ4n) is 1.23. The zero-order chi connectivity index (χ0) is 13.0. The van der Waals surface area contributed by atoms with Crippen LogP contribution in [-0.4, -0.2) is 23.1 Å². The lowest BCUT2D eigenvalue weighted by Crippen LogP contribution is -1.96. The first-order chi connectivity index (χ1) is 8.69. The summed E-state index contributed by atoms with van der Waals surface area (Å²) in [5.41, 5.74) is 0. The van der Waals surface area contributed by atoms with Crippen LogP contribution in [0, 0.1) is 0 Å². The summed E-state index contributed by atoms with van der Waals surface area (Å²) in [6.45, 7) is 0.598. The van der Waals surface area contributed by atoms with Crippen LogP contribution in [0.25, 0.3) is 0 Å². The van der Waals surface area contributed by atoms with Crippen LogP contribution in [0.15, 0.2) is 22.7 Å². The van der Waals surface area contributed by atoms with E-state index < -0.39 is 0 Å². The second kappa shape index (κ2) is 6.47. The molecule has 0 atom stereocenters. The number of hydrogen-bond acceptors (Lipinski definition) is 5. The van der Waals surface area contributed by atoms with E-state index in [1.54, 1.807) is 25.3 Å². The minimum absolute atomic E-state index is 0.504. The lowest BCUT2D eigenvalue weighted by molar-refractivity contribution is 0.200. The van der Waals surface area contributed by atoms with Crippen LogP contribution in [0.5, 0.6) is 10.9 Å². The lowest BCUT2D eigenvalue weighted by Gasteiger charge is -2.03. The third kappa shape index (κ3) is 3.65. The molecular weight excluding hydrogens is 340 g/mol. The molecule has 1 heterocycles. The normalized spacial score (nSPS) is 10.6. The molecule has 2 aromatic rings. The summed E-state index contributed by atoms with van der Waals surface area (Å²) in [5.74, 6) is 1.38. The van der Waals surface area contributed by atoms with Crippen molar-refractivity contribution in [3.05, 3.63) is 33.5 Å². The highest BCUT2D eigenvalue weighted by molar-refractivity contribution is 9.10. The number of hydrogen-bond donors (Lipinski definition) is 0. The number of methoxy groups -OCH3 is 1. The van der Waals surface area contributed by atoms with Gasteiger partial charge in [-0.25, -0.2) is 0 Å². The van der Waals surface area contributed by atoms with Gasteiger partial charge in [0.15, 0.2) is 0 Å². The van der Waals surface area contributed by atoms with Gasteiger partial charge in [-0.2, -0.15) is 9.36 Å². The molecule has 0 fully saturated rings. The second-order valence-corrected chi connectivity index (χ2v) is 5.40. The van der Waals surface area contributed by atoms with E-state index in [0.717, 1.165) is 10.3 Å². The highest BCUT2D eigenvalue weighted by Gasteiger charge is 2.08. The highest BCUT2D eigenvalue weighted by Crippen LogP contribution is 2.32. The maximum Gasteiger partial charge on any atom is 0.298 e. The fourth-order valence-corrected chi connectivity index (χ4v) is 2.58. The Labute approximate surface area is 122 Å². The van der Waals surface area contributed by atoms with Crippen molar-refractivity contribution in [3.8, 4) is 10.9 Å². The van der Waals surface area contributed by atoms with Crippen molar-refractivity contribution in [3.63, 3.8) is 0 Å². The summed E-state index contributed by atoms with van der Waals surface area (Å²) < 4.78 is 15.6. The van der Waals surface area contributed by atoms with Gasteiger partial charge in [-0.1, -0.05) is 11.6 Å². The Morgan fingerprint density at radius 2 is 2.28 bits per heavy atom. The van der Waals surface area contributed by atoms with Gasteiger partial charge in [0, 0.05) is 30.1 Å². The molecule has 1 aromatic heterocycles. The molecule has 18 heavy (non-hydrogen) atoms. The van der Waals surface area contributed by atoms with E-state index in [2.05, 4.69) is 25.3 Å². The Balaban J connectivity index is 2.06. The molecule has 1 aromatic carbocycles. The third-order valence-corrected chi connectivity index (χ3v) is 3.56. The molecule has 0 spiro atoms. The Bertz CT molecular complexity index is 536. The van der Waals surface area contributed by atoms with Crippen LogP contribution in [-0.2, 0) is 11.2 Å². The van der Waals surface area contributed by atoms with Gasteiger partial charge in [-0.15, -0.1) is 0 Å². The Hall–Kier alpha value is -0.690. The number of ether oxygens (including phenoxy) is 2. The van der Waals surface area contributed by atoms with Crippen molar-refractivity contribution >= 4 is 39.1 Å². The minimum atomic E-state index is 0.504. The van der Waals surface area contributed by atoms with E-state index >= 15 is 0 Å². The van der Waals surface area contributed by atoms with Gasteiger partial charge >= 0.3 is 0 Å². The van der Waals surface area contributed by atoms with E-state index in [1.807, 2.05) is 0 Å². The van der Waals surface area contributed by atoms with Gasteiger partial charge in [0.25, 0.3) is 5.19 Å². The zero-order valence-electron chi connectivity index (χ0n) is 9.52. The summed E-state index contributed by atoms with van der Waals surface area (Å²) >= 11 is 10.5. The number of benzene rings is 1. The third-order valence-electron chi connectivity index (χ3n) is 2.07. The van der Waals surface area contributed by atoms with Crippen LogP contribution < -0.4 is 4.74 Å². The van der Waals surface area contributed by atoms with E-state index in [-0.39, 0.29) is 0 Å². The largest absolute Gasteiger partial charge is 0.429 e. The van der Waals surface area contributed by atoms with Gasteiger partial charge in [0.1, 0.15) is 11.6 Å². The number of halogens is 2. The van der Waals surface area contributed by atoms with Crippen molar-refractivity contribution in [1.82, 2.24) is 9.36 Å². The van der Waals surface area contributed by atoms with Crippen LogP contribution in [0.2, 0.25) is 5.02 Å². The van der Waals surface area contributed by atoms with Crippen molar-refractivity contribution in [2.24, 2.45) is 0 Å². The molecule has 4 nitrogen and oxygen atoms in total. The molecule has 0 unspecified atom stereocenters. The smallest absolute Gasteiger partial charge is 0.298 e. The molecule has 0 aliphatic rings. The van der Waals surface area contributed by atoms with E-state index in [9.17, 15) is 0 Å². The van der Waals surface area contributed by atoms with Crippen molar-refractivity contribution in [2.45, 2.75) is 6.42 Å². The van der Waals surface area contributed by atoms with Crippen molar-refractivity contribution in [1.29, 1.82) is 0 Å². The first-order valence-corrected chi connectivity index (χ1v) is 7.08. The molecule has 0 amide bonds.